The van der Waals surface area contributed by atoms with Crippen molar-refractivity contribution in [1.82, 2.24) is 9.88 Å². The number of pyridine rings is 1. The summed E-state index contributed by atoms with van der Waals surface area (Å²) in [5.74, 6) is 1.55. The predicted molar refractivity (Wildman–Crippen MR) is 88.4 cm³/mol. The Bertz CT molecular complexity index is 405. The largest absolute Gasteiger partial charge is 0.370 e. The van der Waals surface area contributed by atoms with Gasteiger partial charge in [-0.15, -0.1) is 0 Å². The van der Waals surface area contributed by atoms with Crippen LogP contribution < -0.4 is 5.32 Å². The van der Waals surface area contributed by atoms with Crippen LogP contribution in [-0.2, 0) is 6.54 Å². The van der Waals surface area contributed by atoms with E-state index in [4.69, 9.17) is 11.6 Å². The van der Waals surface area contributed by atoms with Gasteiger partial charge in [-0.05, 0) is 38.3 Å². The zero-order chi connectivity index (χ0) is 15.1. The van der Waals surface area contributed by atoms with Gasteiger partial charge in [-0.25, -0.2) is 4.98 Å². The van der Waals surface area contributed by atoms with Gasteiger partial charge in [0.15, 0.2) is 0 Å². The summed E-state index contributed by atoms with van der Waals surface area (Å²) in [5, 5.41) is 4.07. The predicted octanol–water partition coefficient (Wildman–Crippen LogP) is 4.42. The van der Waals surface area contributed by atoms with Gasteiger partial charge in [-0.2, -0.15) is 0 Å². The summed E-state index contributed by atoms with van der Waals surface area (Å²) < 4.78 is 0. The number of anilines is 1. The van der Waals surface area contributed by atoms with Crippen LogP contribution in [0.2, 0.25) is 5.02 Å². The monoisotopic (exact) mass is 297 g/mol. The van der Waals surface area contributed by atoms with Crippen LogP contribution in [0.5, 0.6) is 0 Å². The quantitative estimate of drug-likeness (QED) is 0.770. The smallest absolute Gasteiger partial charge is 0.126 e. The molecule has 0 fully saturated rings. The lowest BCUT2D eigenvalue weighted by Crippen LogP contribution is -2.34. The van der Waals surface area contributed by atoms with E-state index in [1.165, 1.54) is 0 Å². The Morgan fingerprint density at radius 2 is 1.95 bits per heavy atom. The van der Waals surface area contributed by atoms with Gasteiger partial charge < -0.3 is 5.32 Å². The molecule has 1 aromatic rings. The van der Waals surface area contributed by atoms with Crippen LogP contribution in [-0.4, -0.2) is 29.0 Å². The molecule has 0 atom stereocenters. The molecule has 0 bridgehead atoms. The van der Waals surface area contributed by atoms with Crippen molar-refractivity contribution in [1.29, 1.82) is 0 Å². The number of hydrogen-bond acceptors (Lipinski definition) is 3. The van der Waals surface area contributed by atoms with Crippen molar-refractivity contribution in [3.8, 4) is 0 Å². The van der Waals surface area contributed by atoms with E-state index in [9.17, 15) is 0 Å². The summed E-state index contributed by atoms with van der Waals surface area (Å²) in [5.41, 5.74) is 0.960. The zero-order valence-electron chi connectivity index (χ0n) is 13.4. The Labute approximate surface area is 128 Å². The van der Waals surface area contributed by atoms with E-state index in [2.05, 4.69) is 49.8 Å². The topological polar surface area (TPSA) is 28.2 Å². The highest BCUT2D eigenvalue weighted by Crippen LogP contribution is 2.20. The van der Waals surface area contributed by atoms with Gasteiger partial charge in [0.25, 0.3) is 0 Å². The average Bonchev–Trinajstić information content (AvgIpc) is 2.38. The Morgan fingerprint density at radius 1 is 1.25 bits per heavy atom. The molecule has 0 aromatic carbocycles. The second-order valence-electron chi connectivity index (χ2n) is 5.97. The molecule has 114 valence electrons. The van der Waals surface area contributed by atoms with Crippen molar-refractivity contribution in [3.63, 3.8) is 0 Å². The minimum atomic E-state index is 0.488. The van der Waals surface area contributed by atoms with E-state index in [-0.39, 0.29) is 0 Å². The van der Waals surface area contributed by atoms with Crippen LogP contribution in [0.3, 0.4) is 0 Å². The molecule has 0 saturated heterocycles. The Balaban J connectivity index is 2.82. The summed E-state index contributed by atoms with van der Waals surface area (Å²) in [6.07, 6.45) is 1.09. The number of hydrogen-bond donors (Lipinski definition) is 1. The first-order chi connectivity index (χ1) is 9.43. The minimum absolute atomic E-state index is 0.488. The van der Waals surface area contributed by atoms with Gasteiger partial charge >= 0.3 is 0 Å². The van der Waals surface area contributed by atoms with Crippen molar-refractivity contribution in [2.75, 3.05) is 18.4 Å². The second-order valence-corrected chi connectivity index (χ2v) is 6.38. The molecular formula is C16H28ClN3. The van der Waals surface area contributed by atoms with Crippen molar-refractivity contribution < 1.29 is 0 Å². The molecule has 0 saturated carbocycles. The van der Waals surface area contributed by atoms with Crippen molar-refractivity contribution in [2.45, 2.75) is 53.6 Å². The van der Waals surface area contributed by atoms with E-state index < -0.39 is 0 Å². The molecule has 1 aromatic heterocycles. The first-order valence-corrected chi connectivity index (χ1v) is 7.95. The summed E-state index contributed by atoms with van der Waals surface area (Å²) in [6, 6.07) is 4.38. The summed E-state index contributed by atoms with van der Waals surface area (Å²) in [6.45, 7) is 13.9. The average molecular weight is 298 g/mol. The molecule has 1 rings (SSSR count). The van der Waals surface area contributed by atoms with Gasteiger partial charge in [0.1, 0.15) is 5.82 Å². The van der Waals surface area contributed by atoms with Gasteiger partial charge in [-0.3, -0.25) is 4.90 Å². The molecule has 0 radical (unpaired) electrons. The van der Waals surface area contributed by atoms with E-state index in [1.807, 2.05) is 12.1 Å². The van der Waals surface area contributed by atoms with E-state index >= 15 is 0 Å². The molecule has 1 heterocycles. The van der Waals surface area contributed by atoms with Crippen LogP contribution in [0, 0.1) is 5.92 Å². The van der Waals surface area contributed by atoms with Gasteiger partial charge in [0.05, 0.1) is 10.7 Å². The highest BCUT2D eigenvalue weighted by Gasteiger charge is 2.15. The highest BCUT2D eigenvalue weighted by atomic mass is 35.5. The fourth-order valence-electron chi connectivity index (χ4n) is 2.07. The fourth-order valence-corrected chi connectivity index (χ4v) is 2.23. The van der Waals surface area contributed by atoms with Crippen molar-refractivity contribution in [2.24, 2.45) is 5.92 Å². The normalized spacial score (nSPS) is 11.7. The number of nitrogens with zero attached hydrogens (tertiary/aromatic N) is 2. The Hall–Kier alpha value is -0.800. The molecule has 0 unspecified atom stereocenters. The van der Waals surface area contributed by atoms with E-state index in [0.29, 0.717) is 12.0 Å². The van der Waals surface area contributed by atoms with E-state index in [1.54, 1.807) is 0 Å². The first-order valence-electron chi connectivity index (χ1n) is 7.57. The molecule has 0 amide bonds. The molecule has 20 heavy (non-hydrogen) atoms. The maximum atomic E-state index is 6.30. The summed E-state index contributed by atoms with van der Waals surface area (Å²) in [7, 11) is 0. The Morgan fingerprint density at radius 3 is 2.50 bits per heavy atom. The fraction of sp³-hybridized carbons (Fsp3) is 0.688. The summed E-state index contributed by atoms with van der Waals surface area (Å²) in [4.78, 5) is 7.07. The Kier molecular flexibility index (Phi) is 7.31. The summed E-state index contributed by atoms with van der Waals surface area (Å²) >= 11 is 6.30. The highest BCUT2D eigenvalue weighted by molar-refractivity contribution is 6.31. The maximum absolute atomic E-state index is 6.30. The van der Waals surface area contributed by atoms with Crippen molar-refractivity contribution >= 4 is 17.4 Å². The lowest BCUT2D eigenvalue weighted by Gasteiger charge is -2.28. The first kappa shape index (κ1) is 17.3. The third-order valence-corrected chi connectivity index (χ3v) is 3.50. The SMILES string of the molecule is CCCNc1ccc(Cl)c(CN(CC(C)C)C(C)C)n1. The molecule has 0 aliphatic carbocycles. The molecule has 0 spiro atoms. The van der Waals surface area contributed by atoms with Crippen molar-refractivity contribution in [3.05, 3.63) is 22.8 Å². The molecule has 1 N–H and O–H groups in total. The molecule has 0 aliphatic heterocycles. The zero-order valence-corrected chi connectivity index (χ0v) is 14.2. The van der Waals surface area contributed by atoms with Crippen LogP contribution in [0.25, 0.3) is 0 Å². The number of aromatic nitrogens is 1. The number of nitrogens with one attached hydrogen (secondary N) is 1. The lowest BCUT2D eigenvalue weighted by molar-refractivity contribution is 0.187. The molecule has 4 heteroatoms. The number of rotatable bonds is 8. The third kappa shape index (κ3) is 5.68. The standard InChI is InChI=1S/C16H28ClN3/c1-6-9-18-16-8-7-14(17)15(19-16)11-20(13(4)5)10-12(2)3/h7-8,12-13H,6,9-11H2,1-5H3,(H,18,19). The van der Waals surface area contributed by atoms with Crippen LogP contribution in [0.4, 0.5) is 5.82 Å². The maximum Gasteiger partial charge on any atom is 0.126 e. The van der Waals surface area contributed by atoms with Gasteiger partial charge in [0.2, 0.25) is 0 Å². The molecule has 0 aliphatic rings. The van der Waals surface area contributed by atoms with Crippen LogP contribution >= 0.6 is 11.6 Å². The number of halogens is 1. The van der Waals surface area contributed by atoms with E-state index in [0.717, 1.165) is 42.6 Å². The van der Waals surface area contributed by atoms with Crippen LogP contribution in [0.1, 0.15) is 46.7 Å². The minimum Gasteiger partial charge on any atom is -0.370 e. The third-order valence-electron chi connectivity index (χ3n) is 3.16. The molecule has 3 nitrogen and oxygen atoms in total. The second kappa shape index (κ2) is 8.48. The van der Waals surface area contributed by atoms with Gasteiger partial charge in [0, 0.05) is 25.7 Å². The van der Waals surface area contributed by atoms with Gasteiger partial charge in [-0.1, -0.05) is 32.4 Å². The van der Waals surface area contributed by atoms with Crippen LogP contribution in [0.15, 0.2) is 12.1 Å². The lowest BCUT2D eigenvalue weighted by atomic mass is 10.1. The molecular weight excluding hydrogens is 270 g/mol.